The van der Waals surface area contributed by atoms with E-state index in [9.17, 15) is 14.0 Å². The molecule has 0 bridgehead atoms. The Morgan fingerprint density at radius 3 is 2.69 bits per heavy atom. The summed E-state index contributed by atoms with van der Waals surface area (Å²) in [4.78, 5) is 34.7. The molecule has 1 saturated heterocycles. The van der Waals surface area contributed by atoms with Gasteiger partial charge in [0.2, 0.25) is 5.88 Å². The van der Waals surface area contributed by atoms with Crippen molar-refractivity contribution in [3.05, 3.63) is 111 Å². The minimum absolute atomic E-state index is 0.0431. The topological polar surface area (TPSA) is 121 Å². The van der Waals surface area contributed by atoms with Crippen LogP contribution in [0.15, 0.2) is 71.7 Å². The molecule has 0 aliphatic carbocycles. The monoisotopic (exact) mass is 611 g/mol. The van der Waals surface area contributed by atoms with E-state index < -0.39 is 17.6 Å². The van der Waals surface area contributed by atoms with E-state index in [1.54, 1.807) is 48.0 Å². The zero-order chi connectivity index (χ0) is 31.5. The Bertz CT molecular complexity index is 2010. The van der Waals surface area contributed by atoms with Crippen LogP contribution in [0.2, 0.25) is 0 Å². The molecule has 6 rings (SSSR count). The molecule has 0 spiro atoms. The SMILES string of the molecule is CCOC(=O)c1ccc2nc(Cn3ccc(-c4cccc(OCc5ccc(C#N)cc5F)n4)cc3=O)n(C[C@@H]3CCO3)c2c1F. The van der Waals surface area contributed by atoms with E-state index in [1.165, 1.54) is 28.8 Å². The molecule has 4 heterocycles. The summed E-state index contributed by atoms with van der Waals surface area (Å²) < 4.78 is 49.3. The van der Waals surface area contributed by atoms with Crippen LogP contribution in [0.5, 0.6) is 5.88 Å². The number of fused-ring (bicyclic) bond motifs is 1. The second-order valence-corrected chi connectivity index (χ2v) is 10.4. The third-order valence-electron chi connectivity index (χ3n) is 7.49. The summed E-state index contributed by atoms with van der Waals surface area (Å²) in [7, 11) is 0. The summed E-state index contributed by atoms with van der Waals surface area (Å²) in [6.45, 7) is 2.63. The molecule has 5 aromatic rings. The fraction of sp³-hybridized carbons (Fsp3) is 0.242. The van der Waals surface area contributed by atoms with Crippen molar-refractivity contribution in [2.45, 2.75) is 39.1 Å². The van der Waals surface area contributed by atoms with Gasteiger partial charge in [-0.05, 0) is 49.7 Å². The number of pyridine rings is 2. The van der Waals surface area contributed by atoms with E-state index >= 15 is 4.39 Å². The number of imidazole rings is 1. The van der Waals surface area contributed by atoms with E-state index in [1.807, 2.05) is 6.07 Å². The largest absolute Gasteiger partial charge is 0.473 e. The zero-order valence-corrected chi connectivity index (χ0v) is 24.2. The predicted molar refractivity (Wildman–Crippen MR) is 158 cm³/mol. The van der Waals surface area contributed by atoms with Crippen LogP contribution < -0.4 is 10.3 Å². The molecule has 10 nitrogen and oxygen atoms in total. The molecular formula is C33H27F2N5O5. The standard InChI is InChI=1S/C33H27F2N5O5/c1-2-43-33(42)24-8-9-27-32(31(24)35)40(17-23-11-13-44-23)28(37-27)18-39-12-10-21(15-30(39)41)26-4-3-5-29(38-26)45-19-22-7-6-20(16-36)14-25(22)34/h3-10,12,14-15,23H,2,11,13,17-19H2,1H3/t23-/m0/s1. The maximum atomic E-state index is 15.7. The lowest BCUT2D eigenvalue weighted by atomic mass is 10.1. The third-order valence-corrected chi connectivity index (χ3v) is 7.49. The van der Waals surface area contributed by atoms with Crippen molar-refractivity contribution in [1.29, 1.82) is 5.26 Å². The van der Waals surface area contributed by atoms with E-state index in [4.69, 9.17) is 19.5 Å². The second-order valence-electron chi connectivity index (χ2n) is 10.4. The molecule has 0 amide bonds. The van der Waals surface area contributed by atoms with Crippen LogP contribution in [0, 0.1) is 23.0 Å². The first kappa shape index (κ1) is 29.7. The molecule has 3 aromatic heterocycles. The molecule has 1 aliphatic rings. The highest BCUT2D eigenvalue weighted by Crippen LogP contribution is 2.27. The number of hydrogen-bond acceptors (Lipinski definition) is 8. The van der Waals surface area contributed by atoms with Gasteiger partial charge in [0.15, 0.2) is 5.82 Å². The van der Waals surface area contributed by atoms with Crippen LogP contribution in [0.25, 0.3) is 22.3 Å². The fourth-order valence-corrected chi connectivity index (χ4v) is 5.04. The van der Waals surface area contributed by atoms with Crippen molar-refractivity contribution in [1.82, 2.24) is 19.1 Å². The summed E-state index contributed by atoms with van der Waals surface area (Å²) in [6.07, 6.45) is 2.26. The number of aromatic nitrogens is 4. The van der Waals surface area contributed by atoms with Crippen LogP contribution >= 0.6 is 0 Å². The van der Waals surface area contributed by atoms with E-state index in [-0.39, 0.29) is 59.5 Å². The van der Waals surface area contributed by atoms with Crippen molar-refractivity contribution in [2.24, 2.45) is 0 Å². The summed E-state index contributed by atoms with van der Waals surface area (Å²) in [5.41, 5.74) is 1.47. The molecule has 2 aromatic carbocycles. The summed E-state index contributed by atoms with van der Waals surface area (Å²) in [6, 6.07) is 17.1. The third kappa shape index (κ3) is 6.16. The van der Waals surface area contributed by atoms with Gasteiger partial charge in [0.05, 0.1) is 54.2 Å². The van der Waals surface area contributed by atoms with Gasteiger partial charge in [0.25, 0.3) is 5.56 Å². The first-order chi connectivity index (χ1) is 21.8. The average molecular weight is 612 g/mol. The molecule has 228 valence electrons. The van der Waals surface area contributed by atoms with Crippen molar-refractivity contribution in [3.8, 4) is 23.2 Å². The number of rotatable bonds is 10. The molecule has 1 atom stereocenters. The molecule has 0 saturated carbocycles. The van der Waals surface area contributed by atoms with Gasteiger partial charge in [-0.15, -0.1) is 0 Å². The summed E-state index contributed by atoms with van der Waals surface area (Å²) in [5, 5.41) is 8.93. The van der Waals surface area contributed by atoms with Gasteiger partial charge >= 0.3 is 5.97 Å². The number of benzene rings is 2. The van der Waals surface area contributed by atoms with Crippen LogP contribution in [0.4, 0.5) is 8.78 Å². The lowest BCUT2D eigenvalue weighted by molar-refractivity contribution is -0.0590. The molecule has 1 fully saturated rings. The summed E-state index contributed by atoms with van der Waals surface area (Å²) in [5.74, 6) is -1.38. The highest BCUT2D eigenvalue weighted by atomic mass is 19.1. The Labute approximate surface area is 256 Å². The minimum Gasteiger partial charge on any atom is -0.473 e. The van der Waals surface area contributed by atoms with Gasteiger partial charge in [-0.25, -0.2) is 23.5 Å². The molecule has 0 radical (unpaired) electrons. The van der Waals surface area contributed by atoms with Crippen molar-refractivity contribution < 1.29 is 27.8 Å². The Kier molecular flexibility index (Phi) is 8.35. The maximum absolute atomic E-state index is 15.7. The van der Waals surface area contributed by atoms with E-state index in [0.29, 0.717) is 35.8 Å². The van der Waals surface area contributed by atoms with Crippen molar-refractivity contribution in [3.63, 3.8) is 0 Å². The van der Waals surface area contributed by atoms with Gasteiger partial charge in [-0.2, -0.15) is 5.26 Å². The number of ether oxygens (including phenoxy) is 3. The molecule has 1 aliphatic heterocycles. The molecule has 45 heavy (non-hydrogen) atoms. The Morgan fingerprint density at radius 1 is 1.13 bits per heavy atom. The van der Waals surface area contributed by atoms with Crippen molar-refractivity contribution >= 4 is 17.0 Å². The Morgan fingerprint density at radius 2 is 1.98 bits per heavy atom. The van der Waals surface area contributed by atoms with E-state index in [0.717, 1.165) is 12.5 Å². The molecule has 0 unspecified atom stereocenters. The molecular weight excluding hydrogens is 584 g/mol. The van der Waals surface area contributed by atoms with Crippen LogP contribution in [0.3, 0.4) is 0 Å². The number of esters is 1. The fourth-order valence-electron chi connectivity index (χ4n) is 5.04. The Balaban J connectivity index is 1.25. The number of nitriles is 1. The lowest BCUT2D eigenvalue weighted by Gasteiger charge is -2.27. The predicted octanol–water partition coefficient (Wildman–Crippen LogP) is 5.00. The van der Waals surface area contributed by atoms with Gasteiger partial charge in [-0.1, -0.05) is 12.1 Å². The highest BCUT2D eigenvalue weighted by Gasteiger charge is 2.26. The van der Waals surface area contributed by atoms with Crippen LogP contribution in [0.1, 0.15) is 40.7 Å². The number of nitrogens with zero attached hydrogens (tertiary/aromatic N) is 5. The first-order valence-corrected chi connectivity index (χ1v) is 14.3. The number of hydrogen-bond donors (Lipinski definition) is 0. The van der Waals surface area contributed by atoms with Gasteiger partial charge < -0.3 is 23.3 Å². The van der Waals surface area contributed by atoms with Crippen LogP contribution in [-0.2, 0) is 29.2 Å². The summed E-state index contributed by atoms with van der Waals surface area (Å²) >= 11 is 0. The molecule has 0 N–H and O–H groups in total. The molecule has 12 heteroatoms. The average Bonchev–Trinajstić information content (AvgIpc) is 3.37. The normalized spacial score (nSPS) is 14.1. The van der Waals surface area contributed by atoms with Gasteiger partial charge in [-0.3, -0.25) is 4.79 Å². The van der Waals surface area contributed by atoms with Crippen molar-refractivity contribution in [2.75, 3.05) is 13.2 Å². The van der Waals surface area contributed by atoms with Gasteiger partial charge in [0, 0.05) is 36.1 Å². The minimum atomic E-state index is -0.762. The first-order valence-electron chi connectivity index (χ1n) is 14.3. The number of carbonyl (C=O) groups excluding carboxylic acids is 1. The van der Waals surface area contributed by atoms with Crippen LogP contribution in [-0.4, -0.2) is 44.4 Å². The van der Waals surface area contributed by atoms with Gasteiger partial charge in [0.1, 0.15) is 23.8 Å². The quantitative estimate of drug-likeness (QED) is 0.202. The smallest absolute Gasteiger partial charge is 0.341 e. The lowest BCUT2D eigenvalue weighted by Crippen LogP contribution is -2.32. The second kappa shape index (κ2) is 12.7. The Hall–Kier alpha value is -5.41. The van der Waals surface area contributed by atoms with E-state index in [2.05, 4.69) is 9.97 Å². The maximum Gasteiger partial charge on any atom is 0.341 e. The number of carbonyl (C=O) groups is 1. The highest BCUT2D eigenvalue weighted by molar-refractivity contribution is 5.94. The zero-order valence-electron chi connectivity index (χ0n) is 24.2. The number of halogens is 2.